The molecule has 2 heteroatoms. The maximum absolute atomic E-state index is 13.7. The van der Waals surface area contributed by atoms with Gasteiger partial charge in [0.2, 0.25) is 0 Å². The Morgan fingerprint density at radius 1 is 1.00 bits per heavy atom. The molecule has 0 N–H and O–H groups in total. The summed E-state index contributed by atoms with van der Waals surface area (Å²) in [4.78, 5) is 0. The highest BCUT2D eigenvalue weighted by atomic mass is 79.9. The fourth-order valence-corrected chi connectivity index (χ4v) is 2.67. The normalized spacial score (nSPS) is 12.4. The van der Waals surface area contributed by atoms with Crippen LogP contribution in [0.4, 0.5) is 4.39 Å². The monoisotopic (exact) mass is 320 g/mol. The zero-order chi connectivity index (χ0) is 13.7. The predicted molar refractivity (Wildman–Crippen MR) is 82.3 cm³/mol. The maximum atomic E-state index is 13.7. The van der Waals surface area contributed by atoms with Gasteiger partial charge < -0.3 is 0 Å². The van der Waals surface area contributed by atoms with Crippen molar-refractivity contribution in [1.82, 2.24) is 0 Å². The SMILES string of the molecule is Cc1ccc(CC(CBr)Cc2ccccc2F)cc1. The van der Waals surface area contributed by atoms with Gasteiger partial charge in [-0.25, -0.2) is 4.39 Å². The van der Waals surface area contributed by atoms with Crippen LogP contribution in [0.15, 0.2) is 48.5 Å². The highest BCUT2D eigenvalue weighted by Crippen LogP contribution is 2.19. The molecule has 2 aromatic rings. The standard InChI is InChI=1S/C17H18BrF/c1-13-6-8-14(9-7-13)10-15(12-18)11-16-4-2-3-5-17(16)19/h2-9,15H,10-12H2,1H3. The minimum atomic E-state index is -0.0997. The Labute approximate surface area is 122 Å². The van der Waals surface area contributed by atoms with Crippen LogP contribution in [0.3, 0.4) is 0 Å². The Hall–Kier alpha value is -1.15. The average molecular weight is 321 g/mol. The lowest BCUT2D eigenvalue weighted by Gasteiger charge is -2.15. The van der Waals surface area contributed by atoms with Gasteiger partial charge in [-0.05, 0) is 42.9 Å². The molecule has 0 saturated carbocycles. The topological polar surface area (TPSA) is 0 Å². The van der Waals surface area contributed by atoms with Crippen LogP contribution in [0.25, 0.3) is 0 Å². The Morgan fingerprint density at radius 2 is 1.68 bits per heavy atom. The lowest BCUT2D eigenvalue weighted by Crippen LogP contribution is -2.11. The molecular formula is C17H18BrF. The van der Waals surface area contributed by atoms with Gasteiger partial charge in [-0.2, -0.15) is 0 Å². The second-order valence-corrected chi connectivity index (χ2v) is 5.65. The van der Waals surface area contributed by atoms with Gasteiger partial charge >= 0.3 is 0 Å². The molecule has 1 atom stereocenters. The first kappa shape index (κ1) is 14.3. The minimum absolute atomic E-state index is 0.0997. The molecule has 0 aliphatic rings. The zero-order valence-corrected chi connectivity index (χ0v) is 12.7. The molecule has 0 fully saturated rings. The predicted octanol–water partition coefficient (Wildman–Crippen LogP) is 4.93. The summed E-state index contributed by atoms with van der Waals surface area (Å²) in [5.74, 6) is 0.317. The molecule has 0 aliphatic heterocycles. The zero-order valence-electron chi connectivity index (χ0n) is 11.1. The summed E-state index contributed by atoms with van der Waals surface area (Å²) in [6.45, 7) is 2.09. The fourth-order valence-electron chi connectivity index (χ4n) is 2.21. The van der Waals surface area contributed by atoms with E-state index in [1.807, 2.05) is 12.1 Å². The largest absolute Gasteiger partial charge is 0.207 e. The lowest BCUT2D eigenvalue weighted by atomic mass is 9.93. The van der Waals surface area contributed by atoms with E-state index in [1.165, 1.54) is 17.2 Å². The van der Waals surface area contributed by atoms with Crippen molar-refractivity contribution in [2.24, 2.45) is 5.92 Å². The molecule has 0 amide bonds. The van der Waals surface area contributed by atoms with Crippen LogP contribution in [0.2, 0.25) is 0 Å². The van der Waals surface area contributed by atoms with Crippen molar-refractivity contribution in [3.05, 3.63) is 71.0 Å². The fraction of sp³-hybridized carbons (Fsp3) is 0.294. The molecule has 0 saturated heterocycles. The van der Waals surface area contributed by atoms with Gasteiger partial charge in [0.15, 0.2) is 0 Å². The van der Waals surface area contributed by atoms with Gasteiger partial charge in [0.05, 0.1) is 0 Å². The summed E-state index contributed by atoms with van der Waals surface area (Å²) in [5, 5.41) is 0.884. The van der Waals surface area contributed by atoms with Crippen molar-refractivity contribution in [3.8, 4) is 0 Å². The maximum Gasteiger partial charge on any atom is 0.126 e. The summed E-state index contributed by atoms with van der Waals surface area (Å²) in [7, 11) is 0. The smallest absolute Gasteiger partial charge is 0.126 e. The van der Waals surface area contributed by atoms with Gasteiger partial charge in [0.25, 0.3) is 0 Å². The molecule has 1 unspecified atom stereocenters. The van der Waals surface area contributed by atoms with Crippen LogP contribution in [0.1, 0.15) is 16.7 Å². The van der Waals surface area contributed by atoms with Crippen molar-refractivity contribution in [3.63, 3.8) is 0 Å². The van der Waals surface area contributed by atoms with E-state index in [-0.39, 0.29) is 5.82 Å². The van der Waals surface area contributed by atoms with E-state index in [2.05, 4.69) is 47.1 Å². The first-order chi connectivity index (χ1) is 9.19. The molecule has 100 valence electrons. The molecule has 2 rings (SSSR count). The number of aryl methyl sites for hydroxylation is 1. The highest BCUT2D eigenvalue weighted by Gasteiger charge is 2.12. The van der Waals surface area contributed by atoms with E-state index in [4.69, 9.17) is 0 Å². The van der Waals surface area contributed by atoms with E-state index in [0.29, 0.717) is 5.92 Å². The van der Waals surface area contributed by atoms with Crippen molar-refractivity contribution >= 4 is 15.9 Å². The van der Waals surface area contributed by atoms with E-state index < -0.39 is 0 Å². The van der Waals surface area contributed by atoms with Gasteiger partial charge in [0, 0.05) is 5.33 Å². The minimum Gasteiger partial charge on any atom is -0.207 e. The van der Waals surface area contributed by atoms with Crippen LogP contribution < -0.4 is 0 Å². The Bertz CT molecular complexity index is 519. The average Bonchev–Trinajstić information content (AvgIpc) is 2.43. The molecule has 0 aromatic heterocycles. The summed E-state index contributed by atoms with van der Waals surface area (Å²) in [5.41, 5.74) is 3.39. The summed E-state index contributed by atoms with van der Waals surface area (Å²) >= 11 is 3.55. The first-order valence-corrected chi connectivity index (χ1v) is 7.66. The van der Waals surface area contributed by atoms with Gasteiger partial charge in [-0.3, -0.25) is 0 Å². The van der Waals surface area contributed by atoms with Crippen molar-refractivity contribution in [1.29, 1.82) is 0 Å². The molecular weight excluding hydrogens is 303 g/mol. The third-order valence-corrected chi connectivity index (χ3v) is 4.25. The summed E-state index contributed by atoms with van der Waals surface area (Å²) in [6, 6.07) is 15.6. The molecule has 0 radical (unpaired) electrons. The molecule has 0 spiro atoms. The van der Waals surface area contributed by atoms with E-state index in [9.17, 15) is 4.39 Å². The molecule has 0 aliphatic carbocycles. The quantitative estimate of drug-likeness (QED) is 0.685. The van der Waals surface area contributed by atoms with Crippen LogP contribution in [0, 0.1) is 18.7 Å². The Kier molecular flexibility index (Phi) is 5.15. The molecule has 0 heterocycles. The van der Waals surface area contributed by atoms with E-state index in [1.54, 1.807) is 6.07 Å². The van der Waals surface area contributed by atoms with Gasteiger partial charge in [-0.15, -0.1) is 0 Å². The Balaban J connectivity index is 2.05. The molecule has 2 aromatic carbocycles. The van der Waals surface area contributed by atoms with Crippen LogP contribution in [-0.4, -0.2) is 5.33 Å². The van der Waals surface area contributed by atoms with Gasteiger partial charge in [-0.1, -0.05) is 64.0 Å². The number of hydrogen-bond acceptors (Lipinski definition) is 0. The second kappa shape index (κ2) is 6.85. The van der Waals surface area contributed by atoms with Crippen molar-refractivity contribution < 1.29 is 4.39 Å². The summed E-state index contributed by atoms with van der Waals surface area (Å²) in [6.07, 6.45) is 1.74. The van der Waals surface area contributed by atoms with Crippen LogP contribution >= 0.6 is 15.9 Å². The van der Waals surface area contributed by atoms with Crippen molar-refractivity contribution in [2.45, 2.75) is 19.8 Å². The highest BCUT2D eigenvalue weighted by molar-refractivity contribution is 9.09. The van der Waals surface area contributed by atoms with Crippen LogP contribution in [-0.2, 0) is 12.8 Å². The Morgan fingerprint density at radius 3 is 2.32 bits per heavy atom. The van der Waals surface area contributed by atoms with Crippen LogP contribution in [0.5, 0.6) is 0 Å². The second-order valence-electron chi connectivity index (χ2n) is 5.01. The number of halogens is 2. The number of benzene rings is 2. The molecule has 0 nitrogen and oxygen atoms in total. The number of alkyl halides is 1. The first-order valence-electron chi connectivity index (χ1n) is 6.54. The number of hydrogen-bond donors (Lipinski definition) is 0. The number of rotatable bonds is 5. The molecule has 0 bridgehead atoms. The third-order valence-electron chi connectivity index (χ3n) is 3.33. The molecule has 19 heavy (non-hydrogen) atoms. The van der Waals surface area contributed by atoms with Crippen molar-refractivity contribution in [2.75, 3.05) is 5.33 Å². The third kappa shape index (κ3) is 4.17. The van der Waals surface area contributed by atoms with E-state index >= 15 is 0 Å². The van der Waals surface area contributed by atoms with E-state index in [0.717, 1.165) is 23.7 Å². The summed E-state index contributed by atoms with van der Waals surface area (Å²) < 4.78 is 13.7. The van der Waals surface area contributed by atoms with Gasteiger partial charge in [0.1, 0.15) is 5.82 Å². The lowest BCUT2D eigenvalue weighted by molar-refractivity contribution is 0.550.